The maximum atomic E-state index is 6.13. The zero-order chi connectivity index (χ0) is 14.1. The molecule has 0 aliphatic carbocycles. The standard InChI is InChI=1S/C15H24O3Si/c1-5-7-13-19(16-3,17-4)18-15-12-9-8-11-14(15)10-6-2/h6,8-9,11-12H,2,5,7,10,13H2,1,3-4H3. The predicted octanol–water partition coefficient (Wildman–Crippen LogP) is 3.83. The maximum Gasteiger partial charge on any atom is 0.565 e. The molecule has 0 fully saturated rings. The van der Waals surface area contributed by atoms with Crippen molar-refractivity contribution in [3.05, 3.63) is 42.5 Å². The third-order valence-corrected chi connectivity index (χ3v) is 5.80. The van der Waals surface area contributed by atoms with Crippen LogP contribution in [0.25, 0.3) is 0 Å². The van der Waals surface area contributed by atoms with Crippen molar-refractivity contribution in [3.63, 3.8) is 0 Å². The van der Waals surface area contributed by atoms with Crippen molar-refractivity contribution in [1.29, 1.82) is 0 Å². The van der Waals surface area contributed by atoms with Gasteiger partial charge in [-0.2, -0.15) is 0 Å². The largest absolute Gasteiger partial charge is 0.565 e. The lowest BCUT2D eigenvalue weighted by atomic mass is 10.1. The molecule has 106 valence electrons. The molecule has 1 aromatic rings. The monoisotopic (exact) mass is 280 g/mol. The summed E-state index contributed by atoms with van der Waals surface area (Å²) in [6.45, 7) is 5.93. The summed E-state index contributed by atoms with van der Waals surface area (Å²) in [6.07, 6.45) is 4.79. The molecule has 0 aromatic heterocycles. The molecule has 3 nitrogen and oxygen atoms in total. The van der Waals surface area contributed by atoms with Crippen LogP contribution in [-0.4, -0.2) is 23.0 Å². The summed E-state index contributed by atoms with van der Waals surface area (Å²) in [6, 6.07) is 8.80. The summed E-state index contributed by atoms with van der Waals surface area (Å²) in [5.41, 5.74) is 1.11. The highest BCUT2D eigenvalue weighted by Crippen LogP contribution is 2.26. The third kappa shape index (κ3) is 4.49. The second-order valence-corrected chi connectivity index (χ2v) is 7.28. The van der Waals surface area contributed by atoms with E-state index >= 15 is 0 Å². The summed E-state index contributed by atoms with van der Waals surface area (Å²) in [7, 11) is 0.736. The van der Waals surface area contributed by atoms with E-state index in [0.29, 0.717) is 0 Å². The fraction of sp³-hybridized carbons (Fsp3) is 0.467. The van der Waals surface area contributed by atoms with Gasteiger partial charge in [0, 0.05) is 20.3 Å². The molecular formula is C15H24O3Si. The predicted molar refractivity (Wildman–Crippen MR) is 80.5 cm³/mol. The molecule has 0 bridgehead atoms. The Balaban J connectivity index is 2.92. The highest BCUT2D eigenvalue weighted by molar-refractivity contribution is 6.61. The minimum Gasteiger partial charge on any atom is -0.500 e. The van der Waals surface area contributed by atoms with Crippen LogP contribution in [0.15, 0.2) is 36.9 Å². The Bertz CT molecular complexity index is 389. The molecule has 0 aliphatic heterocycles. The third-order valence-electron chi connectivity index (χ3n) is 3.06. The van der Waals surface area contributed by atoms with Crippen molar-refractivity contribution in [2.24, 2.45) is 0 Å². The van der Waals surface area contributed by atoms with E-state index in [1.807, 2.05) is 30.3 Å². The average molecular weight is 280 g/mol. The van der Waals surface area contributed by atoms with Gasteiger partial charge in [-0.1, -0.05) is 37.6 Å². The second kappa shape index (κ2) is 8.14. The molecule has 1 aromatic carbocycles. The van der Waals surface area contributed by atoms with E-state index in [-0.39, 0.29) is 0 Å². The number of unbranched alkanes of at least 4 members (excludes halogenated alkanes) is 1. The minimum atomic E-state index is -2.60. The molecule has 19 heavy (non-hydrogen) atoms. The lowest BCUT2D eigenvalue weighted by Crippen LogP contribution is -2.47. The molecule has 0 atom stereocenters. The Morgan fingerprint density at radius 3 is 2.47 bits per heavy atom. The van der Waals surface area contributed by atoms with Crippen molar-refractivity contribution in [2.75, 3.05) is 14.2 Å². The molecule has 0 heterocycles. The van der Waals surface area contributed by atoms with Crippen LogP contribution in [0.5, 0.6) is 5.75 Å². The van der Waals surface area contributed by atoms with Crippen LogP contribution in [0.1, 0.15) is 25.3 Å². The summed E-state index contributed by atoms with van der Waals surface area (Å²) in [5, 5.41) is 0. The summed E-state index contributed by atoms with van der Waals surface area (Å²) in [5.74, 6) is 0.842. The Kier molecular flexibility index (Phi) is 6.84. The Morgan fingerprint density at radius 1 is 1.21 bits per heavy atom. The number of allylic oxidation sites excluding steroid dienone is 1. The van der Waals surface area contributed by atoms with Gasteiger partial charge in [-0.25, -0.2) is 0 Å². The highest BCUT2D eigenvalue weighted by atomic mass is 28.4. The second-order valence-electron chi connectivity index (χ2n) is 4.40. The molecular weight excluding hydrogens is 256 g/mol. The Hall–Kier alpha value is -1.10. The van der Waals surface area contributed by atoms with Gasteiger partial charge >= 0.3 is 8.80 Å². The molecule has 0 N–H and O–H groups in total. The van der Waals surface area contributed by atoms with E-state index in [4.69, 9.17) is 13.3 Å². The topological polar surface area (TPSA) is 27.7 Å². The fourth-order valence-corrected chi connectivity index (χ4v) is 4.07. The molecule has 0 saturated carbocycles. The minimum absolute atomic E-state index is 0.780. The SMILES string of the molecule is C=CCc1ccccc1O[Si](CCCC)(OC)OC. The zero-order valence-electron chi connectivity index (χ0n) is 12.1. The van der Waals surface area contributed by atoms with E-state index in [9.17, 15) is 0 Å². The normalized spacial score (nSPS) is 11.3. The zero-order valence-corrected chi connectivity index (χ0v) is 13.1. The first-order valence-electron chi connectivity index (χ1n) is 6.69. The van der Waals surface area contributed by atoms with Crippen molar-refractivity contribution < 1.29 is 13.3 Å². The molecule has 0 amide bonds. The van der Waals surface area contributed by atoms with Gasteiger partial charge < -0.3 is 13.3 Å². The van der Waals surface area contributed by atoms with Crippen LogP contribution < -0.4 is 4.43 Å². The van der Waals surface area contributed by atoms with Gasteiger partial charge in [0.25, 0.3) is 0 Å². The van der Waals surface area contributed by atoms with Gasteiger partial charge in [0.1, 0.15) is 5.75 Å². The van der Waals surface area contributed by atoms with Crippen LogP contribution in [0.3, 0.4) is 0 Å². The lowest BCUT2D eigenvalue weighted by molar-refractivity contribution is 0.159. The smallest absolute Gasteiger partial charge is 0.500 e. The average Bonchev–Trinajstić information content (AvgIpc) is 2.46. The van der Waals surface area contributed by atoms with Gasteiger partial charge in [-0.05, 0) is 24.5 Å². The van der Waals surface area contributed by atoms with E-state index < -0.39 is 8.80 Å². The molecule has 0 aliphatic rings. The van der Waals surface area contributed by atoms with Crippen LogP contribution in [0.2, 0.25) is 6.04 Å². The summed E-state index contributed by atoms with van der Waals surface area (Å²) in [4.78, 5) is 0. The maximum absolute atomic E-state index is 6.13. The van der Waals surface area contributed by atoms with E-state index in [1.165, 1.54) is 0 Å². The first-order chi connectivity index (χ1) is 9.21. The first-order valence-corrected chi connectivity index (χ1v) is 8.62. The first kappa shape index (κ1) is 16.0. The van der Waals surface area contributed by atoms with Crippen molar-refractivity contribution in [3.8, 4) is 5.75 Å². The van der Waals surface area contributed by atoms with Crippen molar-refractivity contribution in [2.45, 2.75) is 32.2 Å². The van der Waals surface area contributed by atoms with Gasteiger partial charge in [0.2, 0.25) is 0 Å². The summed E-state index contributed by atoms with van der Waals surface area (Å²) >= 11 is 0. The van der Waals surface area contributed by atoms with Gasteiger partial charge in [0.15, 0.2) is 0 Å². The van der Waals surface area contributed by atoms with Crippen LogP contribution in [-0.2, 0) is 15.3 Å². The van der Waals surface area contributed by atoms with Gasteiger partial charge in [0.05, 0.1) is 0 Å². The Morgan fingerprint density at radius 2 is 1.89 bits per heavy atom. The van der Waals surface area contributed by atoms with E-state index in [1.54, 1.807) is 14.2 Å². The number of hydrogen-bond donors (Lipinski definition) is 0. The number of para-hydroxylation sites is 1. The molecule has 0 spiro atoms. The Labute approximate surface area is 117 Å². The number of hydrogen-bond acceptors (Lipinski definition) is 3. The molecule has 0 saturated heterocycles. The highest BCUT2D eigenvalue weighted by Gasteiger charge is 2.41. The van der Waals surface area contributed by atoms with Crippen LogP contribution in [0, 0.1) is 0 Å². The van der Waals surface area contributed by atoms with E-state index in [0.717, 1.165) is 36.6 Å². The molecule has 0 radical (unpaired) electrons. The lowest BCUT2D eigenvalue weighted by Gasteiger charge is -2.27. The van der Waals surface area contributed by atoms with Crippen molar-refractivity contribution >= 4 is 8.80 Å². The van der Waals surface area contributed by atoms with Crippen LogP contribution in [0.4, 0.5) is 0 Å². The van der Waals surface area contributed by atoms with Crippen molar-refractivity contribution in [1.82, 2.24) is 0 Å². The molecule has 1 rings (SSSR count). The van der Waals surface area contributed by atoms with Crippen LogP contribution >= 0.6 is 0 Å². The van der Waals surface area contributed by atoms with Gasteiger partial charge in [-0.3, -0.25) is 0 Å². The fourth-order valence-electron chi connectivity index (χ4n) is 1.91. The quantitative estimate of drug-likeness (QED) is 0.508. The number of benzene rings is 1. The van der Waals surface area contributed by atoms with Gasteiger partial charge in [-0.15, -0.1) is 6.58 Å². The molecule has 0 unspecified atom stereocenters. The van der Waals surface area contributed by atoms with E-state index in [2.05, 4.69) is 13.5 Å². The molecule has 4 heteroatoms. The number of rotatable bonds is 9. The summed E-state index contributed by atoms with van der Waals surface area (Å²) < 4.78 is 17.3.